The van der Waals surface area contributed by atoms with Gasteiger partial charge in [0.25, 0.3) is 0 Å². The summed E-state index contributed by atoms with van der Waals surface area (Å²) in [6.45, 7) is 1.55. The lowest BCUT2D eigenvalue weighted by Gasteiger charge is -2.32. The van der Waals surface area contributed by atoms with E-state index in [2.05, 4.69) is 33.3 Å². The van der Waals surface area contributed by atoms with Crippen LogP contribution in [0.15, 0.2) is 24.3 Å². The molecule has 0 aliphatic carbocycles. The summed E-state index contributed by atoms with van der Waals surface area (Å²) in [5, 5.41) is 0. The van der Waals surface area contributed by atoms with Crippen LogP contribution in [0.5, 0.6) is 0 Å². The smallest absolute Gasteiger partial charge is 0.131 e. The molecule has 0 aromatic rings. The Kier molecular flexibility index (Phi) is 3.06. The molecule has 0 saturated carbocycles. The number of hydrogen-bond acceptors (Lipinski definition) is 1. The van der Waals surface area contributed by atoms with Crippen LogP contribution in [-0.4, -0.2) is 44.9 Å². The lowest BCUT2D eigenvalue weighted by Crippen LogP contribution is -2.46. The molecule has 0 aromatic carbocycles. The van der Waals surface area contributed by atoms with E-state index in [1.165, 1.54) is 0 Å². The Hall–Kier alpha value is -0.600. The number of nitrogens with zero attached hydrogens (tertiary/aromatic N) is 1. The summed E-state index contributed by atoms with van der Waals surface area (Å²) < 4.78 is 6.38. The summed E-state index contributed by atoms with van der Waals surface area (Å²) in [5.74, 6) is 0. The van der Waals surface area contributed by atoms with Crippen LogP contribution in [0.25, 0.3) is 0 Å². The van der Waals surface area contributed by atoms with Gasteiger partial charge in [-0.05, 0) is 6.08 Å². The number of rotatable bonds is 1. The first-order valence-electron chi connectivity index (χ1n) is 4.33. The van der Waals surface area contributed by atoms with Crippen molar-refractivity contribution in [3.05, 3.63) is 24.3 Å². The highest BCUT2D eigenvalue weighted by Gasteiger charge is 2.20. The van der Waals surface area contributed by atoms with E-state index in [9.17, 15) is 0 Å². The molecule has 0 aromatic heterocycles. The molecule has 0 bridgehead atoms. The summed E-state index contributed by atoms with van der Waals surface area (Å²) >= 11 is 0. The molecule has 0 spiro atoms. The second-order valence-corrected chi connectivity index (χ2v) is 4.03. The predicted octanol–water partition coefficient (Wildman–Crippen LogP) is 1.20. The molecule has 2 heteroatoms. The molecule has 12 heavy (non-hydrogen) atoms. The minimum atomic E-state index is 0.468. The molecule has 0 radical (unpaired) electrons. The zero-order chi connectivity index (χ0) is 9.03. The Morgan fingerprint density at radius 2 is 2.00 bits per heavy atom. The Bertz CT molecular complexity index is 189. The van der Waals surface area contributed by atoms with Gasteiger partial charge in [-0.1, -0.05) is 18.2 Å². The zero-order valence-corrected chi connectivity index (χ0v) is 8.16. The van der Waals surface area contributed by atoms with Gasteiger partial charge in [0, 0.05) is 0 Å². The second kappa shape index (κ2) is 3.87. The number of likely N-dealkylation sites (N-methyl/N-ethyl adjacent to an activating group) is 1. The fourth-order valence-electron chi connectivity index (χ4n) is 1.12. The van der Waals surface area contributed by atoms with Crippen molar-refractivity contribution in [2.24, 2.45) is 0 Å². The van der Waals surface area contributed by atoms with Gasteiger partial charge < -0.3 is 9.22 Å². The van der Waals surface area contributed by atoms with Crippen LogP contribution in [0.1, 0.15) is 0 Å². The molecule has 68 valence electrons. The molecule has 0 saturated heterocycles. The number of hydrogen-bond donors (Lipinski definition) is 0. The second-order valence-electron chi connectivity index (χ2n) is 4.03. The first-order valence-corrected chi connectivity index (χ1v) is 4.33. The van der Waals surface area contributed by atoms with Gasteiger partial charge in [0.05, 0.1) is 27.7 Å². The third-order valence-corrected chi connectivity index (χ3v) is 2.08. The summed E-state index contributed by atoms with van der Waals surface area (Å²) in [6.07, 6.45) is 8.39. The summed E-state index contributed by atoms with van der Waals surface area (Å²) in [7, 11) is 6.55. The molecular weight excluding hydrogens is 150 g/mol. The molecule has 1 rings (SSSR count). The zero-order valence-electron chi connectivity index (χ0n) is 8.16. The van der Waals surface area contributed by atoms with Gasteiger partial charge in [-0.3, -0.25) is 0 Å². The molecule has 0 N–H and O–H groups in total. The third-order valence-electron chi connectivity index (χ3n) is 2.08. The van der Waals surface area contributed by atoms with Crippen LogP contribution in [0.2, 0.25) is 0 Å². The number of ether oxygens (including phenoxy) is 1. The van der Waals surface area contributed by atoms with Crippen molar-refractivity contribution in [1.82, 2.24) is 0 Å². The Balaban J connectivity index is 2.63. The van der Waals surface area contributed by atoms with Crippen LogP contribution >= 0.6 is 0 Å². The number of allylic oxidation sites excluding steroid dienone is 2. The number of quaternary nitrogens is 1. The van der Waals surface area contributed by atoms with Crippen LogP contribution in [0.4, 0.5) is 0 Å². The first kappa shape index (κ1) is 9.49. The van der Waals surface area contributed by atoms with Gasteiger partial charge in [0.15, 0.2) is 0 Å². The van der Waals surface area contributed by atoms with E-state index >= 15 is 0 Å². The Morgan fingerprint density at radius 1 is 1.25 bits per heavy atom. The molecule has 1 unspecified atom stereocenters. The Labute approximate surface area is 74.7 Å². The van der Waals surface area contributed by atoms with Gasteiger partial charge in [-0.25, -0.2) is 0 Å². The van der Waals surface area contributed by atoms with Gasteiger partial charge in [-0.15, -0.1) is 0 Å². The van der Waals surface area contributed by atoms with E-state index in [1.54, 1.807) is 0 Å². The van der Waals surface area contributed by atoms with Crippen molar-refractivity contribution in [2.75, 3.05) is 34.4 Å². The van der Waals surface area contributed by atoms with Crippen LogP contribution in [-0.2, 0) is 4.74 Å². The van der Waals surface area contributed by atoms with E-state index in [0.717, 1.165) is 17.7 Å². The quantitative estimate of drug-likeness (QED) is 0.535. The van der Waals surface area contributed by atoms with Crippen molar-refractivity contribution in [3.63, 3.8) is 0 Å². The van der Waals surface area contributed by atoms with Crippen LogP contribution < -0.4 is 0 Å². The highest BCUT2D eigenvalue weighted by Crippen LogP contribution is 2.07. The fraction of sp³-hybridized carbons (Fsp3) is 0.600. The van der Waals surface area contributed by atoms with Gasteiger partial charge in [0.1, 0.15) is 12.6 Å². The lowest BCUT2D eigenvalue weighted by atomic mass is 10.2. The standard InChI is InChI=1S/C10H18NO/c1-11(2,3)10-7-5-4-6-8-12-9-10/h4-7,10H,8-9H2,1-3H3/q+1. The molecular formula is C10H18NO+. The highest BCUT2D eigenvalue weighted by atomic mass is 16.5. The molecule has 2 nitrogen and oxygen atoms in total. The van der Waals surface area contributed by atoms with Gasteiger partial charge in [-0.2, -0.15) is 0 Å². The maximum atomic E-state index is 5.46. The molecule has 1 aliphatic rings. The van der Waals surface area contributed by atoms with Crippen molar-refractivity contribution >= 4 is 0 Å². The maximum Gasteiger partial charge on any atom is 0.131 e. The van der Waals surface area contributed by atoms with Crippen LogP contribution in [0, 0.1) is 0 Å². The fourth-order valence-corrected chi connectivity index (χ4v) is 1.12. The SMILES string of the molecule is C[N+](C)(C)C1C=CC=CCOC1. The summed E-state index contributed by atoms with van der Waals surface area (Å²) in [6, 6.07) is 0.468. The largest absolute Gasteiger partial charge is 0.371 e. The average molecular weight is 168 g/mol. The molecule has 1 aliphatic heterocycles. The lowest BCUT2D eigenvalue weighted by molar-refractivity contribution is -0.889. The molecule has 1 atom stereocenters. The summed E-state index contributed by atoms with van der Waals surface area (Å²) in [4.78, 5) is 0. The van der Waals surface area contributed by atoms with E-state index in [4.69, 9.17) is 4.74 Å². The maximum absolute atomic E-state index is 5.46. The predicted molar refractivity (Wildman–Crippen MR) is 50.9 cm³/mol. The van der Waals surface area contributed by atoms with E-state index in [1.807, 2.05) is 12.2 Å². The van der Waals surface area contributed by atoms with Crippen LogP contribution in [0.3, 0.4) is 0 Å². The third kappa shape index (κ3) is 2.80. The molecule has 0 fully saturated rings. The average Bonchev–Trinajstić information content (AvgIpc) is 1.81. The normalized spacial score (nSPS) is 25.1. The van der Waals surface area contributed by atoms with Crippen molar-refractivity contribution in [1.29, 1.82) is 0 Å². The van der Waals surface area contributed by atoms with E-state index < -0.39 is 0 Å². The van der Waals surface area contributed by atoms with E-state index in [-0.39, 0.29) is 0 Å². The van der Waals surface area contributed by atoms with Crippen molar-refractivity contribution in [3.8, 4) is 0 Å². The summed E-state index contributed by atoms with van der Waals surface area (Å²) in [5.41, 5.74) is 0. The Morgan fingerprint density at radius 3 is 2.67 bits per heavy atom. The molecule has 1 heterocycles. The highest BCUT2D eigenvalue weighted by molar-refractivity contribution is 5.06. The topological polar surface area (TPSA) is 9.23 Å². The first-order chi connectivity index (χ1) is 5.61. The molecule has 0 amide bonds. The van der Waals surface area contributed by atoms with Gasteiger partial charge >= 0.3 is 0 Å². The minimum absolute atomic E-state index is 0.468. The van der Waals surface area contributed by atoms with Crippen molar-refractivity contribution < 1.29 is 9.22 Å². The van der Waals surface area contributed by atoms with Gasteiger partial charge in [0.2, 0.25) is 0 Å². The monoisotopic (exact) mass is 168 g/mol. The van der Waals surface area contributed by atoms with E-state index in [0.29, 0.717) is 6.04 Å². The van der Waals surface area contributed by atoms with Crippen molar-refractivity contribution in [2.45, 2.75) is 6.04 Å². The minimum Gasteiger partial charge on any atom is -0.371 e.